The molecule has 0 unspecified atom stereocenters. The highest BCUT2D eigenvalue weighted by molar-refractivity contribution is 5.90. The summed E-state index contributed by atoms with van der Waals surface area (Å²) in [6, 6.07) is 0. The van der Waals surface area contributed by atoms with E-state index < -0.39 is 11.9 Å². The Hall–Kier alpha value is -1.62. The quantitative estimate of drug-likeness (QED) is 0.377. The predicted molar refractivity (Wildman–Crippen MR) is 47.5 cm³/mol. The number of amides is 1. The van der Waals surface area contributed by atoms with Gasteiger partial charge in [0.25, 0.3) is 0 Å². The summed E-state index contributed by atoms with van der Waals surface area (Å²) in [7, 11) is 0. The molecule has 0 radical (unpaired) electrons. The third-order valence-electron chi connectivity index (χ3n) is 0.852. The molecule has 0 heterocycles. The number of carbonyl (C=O) groups is 2. The van der Waals surface area contributed by atoms with Crippen LogP contribution in [0.2, 0.25) is 0 Å². The Bertz CT molecular complexity index is 220. The zero-order valence-corrected chi connectivity index (χ0v) is 7.66. The first-order chi connectivity index (χ1) is 5.82. The molecule has 5 heteroatoms. The number of nitrogens with two attached hydrogens (primary N) is 1. The van der Waals surface area contributed by atoms with Crippen LogP contribution in [0.3, 0.4) is 0 Å². The smallest absolute Gasteiger partial charge is 0.366 e. The fourth-order valence-electron chi connectivity index (χ4n) is 0.0779. The molecule has 0 atom stereocenters. The lowest BCUT2D eigenvalue weighted by Gasteiger charge is -1.88. The molecule has 5 nitrogen and oxygen atoms in total. The summed E-state index contributed by atoms with van der Waals surface area (Å²) >= 11 is 0. The summed E-state index contributed by atoms with van der Waals surface area (Å²) in [5.41, 5.74) is 5.28. The second-order valence-corrected chi connectivity index (χ2v) is 2.30. The van der Waals surface area contributed by atoms with Crippen molar-refractivity contribution in [2.24, 2.45) is 5.73 Å². The van der Waals surface area contributed by atoms with E-state index in [0.29, 0.717) is 5.57 Å². The van der Waals surface area contributed by atoms with Gasteiger partial charge < -0.3 is 5.73 Å². The van der Waals surface area contributed by atoms with Crippen LogP contribution in [0.1, 0.15) is 13.8 Å². The second-order valence-electron chi connectivity index (χ2n) is 2.30. The molecule has 0 saturated heterocycles. The second kappa shape index (κ2) is 7.05. The van der Waals surface area contributed by atoms with Crippen molar-refractivity contribution in [3.8, 4) is 0 Å². The van der Waals surface area contributed by atoms with Crippen LogP contribution in [0.5, 0.6) is 0 Å². The van der Waals surface area contributed by atoms with Crippen LogP contribution in [-0.2, 0) is 14.5 Å². The zero-order valence-electron chi connectivity index (χ0n) is 7.66. The minimum absolute atomic E-state index is 0.183. The average molecular weight is 187 g/mol. The van der Waals surface area contributed by atoms with E-state index >= 15 is 0 Å². The predicted octanol–water partition coefficient (Wildman–Crippen LogP) is 0.626. The van der Waals surface area contributed by atoms with Gasteiger partial charge in [0.1, 0.15) is 0 Å². The molecule has 0 aliphatic rings. The Morgan fingerprint density at radius 2 is 1.54 bits per heavy atom. The van der Waals surface area contributed by atoms with Crippen LogP contribution < -0.4 is 5.73 Å². The first-order valence-corrected chi connectivity index (χ1v) is 3.29. The Kier molecular flexibility index (Phi) is 7.56. The molecule has 0 aromatic carbocycles. The van der Waals surface area contributed by atoms with Gasteiger partial charge in [0.15, 0.2) is 0 Å². The van der Waals surface area contributed by atoms with Gasteiger partial charge in [-0.15, -0.1) is 0 Å². The number of hydrogen-bond acceptors (Lipinski definition) is 4. The first-order valence-electron chi connectivity index (χ1n) is 3.29. The van der Waals surface area contributed by atoms with Crippen molar-refractivity contribution < 1.29 is 19.7 Å². The van der Waals surface area contributed by atoms with Crippen molar-refractivity contribution in [1.82, 2.24) is 0 Å². The van der Waals surface area contributed by atoms with Crippen LogP contribution in [0, 0.1) is 0 Å². The Morgan fingerprint density at radius 1 is 1.23 bits per heavy atom. The van der Waals surface area contributed by atoms with E-state index in [0.717, 1.165) is 0 Å². The maximum absolute atomic E-state index is 9.94. The van der Waals surface area contributed by atoms with Crippen LogP contribution in [0.15, 0.2) is 24.3 Å². The van der Waals surface area contributed by atoms with Crippen molar-refractivity contribution >= 4 is 11.9 Å². The SMILES string of the molecule is C=C(C)C(=O)OO.C=C(C)C(N)=O. The summed E-state index contributed by atoms with van der Waals surface area (Å²) in [6.45, 7) is 9.49. The summed E-state index contributed by atoms with van der Waals surface area (Å²) in [6.07, 6.45) is 0. The van der Waals surface area contributed by atoms with Crippen LogP contribution >= 0.6 is 0 Å². The van der Waals surface area contributed by atoms with Gasteiger partial charge in [-0.1, -0.05) is 13.2 Å². The van der Waals surface area contributed by atoms with E-state index in [1.54, 1.807) is 6.92 Å². The van der Waals surface area contributed by atoms with Crippen LogP contribution in [-0.4, -0.2) is 17.1 Å². The van der Waals surface area contributed by atoms with E-state index in [9.17, 15) is 9.59 Å². The zero-order chi connectivity index (χ0) is 11.0. The van der Waals surface area contributed by atoms with E-state index in [1.807, 2.05) is 0 Å². The van der Waals surface area contributed by atoms with Gasteiger partial charge >= 0.3 is 5.97 Å². The highest BCUT2D eigenvalue weighted by atomic mass is 17.1. The van der Waals surface area contributed by atoms with E-state index in [1.165, 1.54) is 6.92 Å². The third-order valence-corrected chi connectivity index (χ3v) is 0.852. The summed E-state index contributed by atoms with van der Waals surface area (Å²) < 4.78 is 0. The highest BCUT2D eigenvalue weighted by Gasteiger charge is 1.98. The normalized spacial score (nSPS) is 7.62. The van der Waals surface area contributed by atoms with Crippen molar-refractivity contribution in [2.45, 2.75) is 13.8 Å². The number of carbonyl (C=O) groups excluding carboxylic acids is 2. The van der Waals surface area contributed by atoms with Gasteiger partial charge in [-0.2, -0.15) is 5.26 Å². The standard InChI is InChI=1S/C4H7NO.C4H6O3/c1-3(2)4(5)6;1-3(2)4(5)7-6/h1H2,2H3,(H2,5,6);6H,1H2,2H3. The van der Waals surface area contributed by atoms with E-state index in [-0.39, 0.29) is 5.57 Å². The molecular weight excluding hydrogens is 174 g/mol. The Labute approximate surface area is 76.4 Å². The van der Waals surface area contributed by atoms with Gasteiger partial charge in [0.2, 0.25) is 5.91 Å². The lowest BCUT2D eigenvalue weighted by atomic mass is 10.3. The summed E-state index contributed by atoms with van der Waals surface area (Å²) in [4.78, 5) is 23.0. The van der Waals surface area contributed by atoms with Crippen molar-refractivity contribution in [2.75, 3.05) is 0 Å². The molecule has 74 valence electrons. The summed E-state index contributed by atoms with van der Waals surface area (Å²) in [5.74, 6) is -1.23. The lowest BCUT2D eigenvalue weighted by molar-refractivity contribution is -0.229. The largest absolute Gasteiger partial charge is 0.367 e. The molecule has 3 N–H and O–H groups in total. The molecule has 0 rings (SSSR count). The van der Waals surface area contributed by atoms with Gasteiger partial charge in [-0.3, -0.25) is 9.68 Å². The van der Waals surface area contributed by atoms with E-state index in [2.05, 4.69) is 18.0 Å². The molecule has 0 spiro atoms. The van der Waals surface area contributed by atoms with Gasteiger partial charge in [0, 0.05) is 11.1 Å². The minimum atomic E-state index is -0.792. The lowest BCUT2D eigenvalue weighted by Crippen LogP contribution is -2.10. The number of rotatable bonds is 2. The summed E-state index contributed by atoms with van der Waals surface area (Å²) in [5, 5.41) is 7.59. The Balaban J connectivity index is 0. The fourth-order valence-corrected chi connectivity index (χ4v) is 0.0779. The molecule has 1 amide bonds. The number of primary amides is 1. The fraction of sp³-hybridized carbons (Fsp3) is 0.250. The maximum atomic E-state index is 9.94. The topological polar surface area (TPSA) is 89.6 Å². The van der Waals surface area contributed by atoms with Gasteiger partial charge in [-0.25, -0.2) is 4.79 Å². The van der Waals surface area contributed by atoms with Crippen LogP contribution in [0.4, 0.5) is 0 Å². The van der Waals surface area contributed by atoms with Crippen LogP contribution in [0.25, 0.3) is 0 Å². The van der Waals surface area contributed by atoms with E-state index in [4.69, 9.17) is 11.0 Å². The maximum Gasteiger partial charge on any atom is 0.367 e. The van der Waals surface area contributed by atoms with Gasteiger partial charge in [0.05, 0.1) is 0 Å². The third kappa shape index (κ3) is 10.4. The molecule has 0 aliphatic carbocycles. The highest BCUT2D eigenvalue weighted by Crippen LogP contribution is 1.86. The molecule has 13 heavy (non-hydrogen) atoms. The molecule has 0 aromatic rings. The molecular formula is C8H13NO4. The monoisotopic (exact) mass is 187 g/mol. The van der Waals surface area contributed by atoms with Crippen molar-refractivity contribution in [3.63, 3.8) is 0 Å². The first kappa shape index (κ1) is 13.9. The number of hydrogen-bond donors (Lipinski definition) is 2. The molecule has 0 aromatic heterocycles. The average Bonchev–Trinajstić information content (AvgIpc) is 2.03. The van der Waals surface area contributed by atoms with Crippen molar-refractivity contribution in [3.05, 3.63) is 24.3 Å². The Morgan fingerprint density at radius 3 is 1.54 bits per heavy atom. The molecule has 0 fully saturated rings. The molecule has 0 bridgehead atoms. The molecule has 0 aliphatic heterocycles. The minimum Gasteiger partial charge on any atom is -0.366 e. The molecule has 0 saturated carbocycles. The van der Waals surface area contributed by atoms with Crippen molar-refractivity contribution in [1.29, 1.82) is 0 Å². The van der Waals surface area contributed by atoms with Gasteiger partial charge in [-0.05, 0) is 13.8 Å².